The van der Waals surface area contributed by atoms with E-state index in [-0.39, 0.29) is 23.7 Å². The minimum absolute atomic E-state index is 0.0140. The maximum absolute atomic E-state index is 13.7. The predicted molar refractivity (Wildman–Crippen MR) is 124 cm³/mol. The summed E-state index contributed by atoms with van der Waals surface area (Å²) >= 11 is 0. The number of pyridine rings is 1. The van der Waals surface area contributed by atoms with Gasteiger partial charge in [-0.25, -0.2) is 8.42 Å². The van der Waals surface area contributed by atoms with Gasteiger partial charge in [-0.3, -0.25) is 14.1 Å². The first kappa shape index (κ1) is 23.3. The minimum atomic E-state index is -4.09. The summed E-state index contributed by atoms with van der Waals surface area (Å²) in [6.45, 7) is 5.56. The van der Waals surface area contributed by atoms with Crippen molar-refractivity contribution < 1.29 is 17.9 Å². The van der Waals surface area contributed by atoms with Crippen molar-refractivity contribution in [3.8, 4) is 5.75 Å². The molecule has 1 heterocycles. The zero-order valence-electron chi connectivity index (χ0n) is 18.6. The number of ether oxygens (including phenoxy) is 1. The van der Waals surface area contributed by atoms with E-state index in [9.17, 15) is 13.2 Å². The molecular formula is C24H27N3O4S. The molecule has 1 N–H and O–H groups in total. The van der Waals surface area contributed by atoms with E-state index in [1.54, 1.807) is 61.8 Å². The van der Waals surface area contributed by atoms with Crippen molar-refractivity contribution in [3.05, 3.63) is 83.2 Å². The highest BCUT2D eigenvalue weighted by molar-refractivity contribution is 7.93. The number of carbonyl (C=O) groups is 1. The van der Waals surface area contributed by atoms with E-state index in [1.165, 1.54) is 7.11 Å². The van der Waals surface area contributed by atoms with Gasteiger partial charge < -0.3 is 10.1 Å². The molecule has 0 spiro atoms. The molecule has 0 saturated carbocycles. The molecule has 2 aromatic carbocycles. The molecule has 0 radical (unpaired) electrons. The summed E-state index contributed by atoms with van der Waals surface area (Å²) in [6.07, 6.45) is 3.27. The summed E-state index contributed by atoms with van der Waals surface area (Å²) in [5.74, 6) is -0.197. The molecule has 1 amide bonds. The molecule has 3 rings (SSSR count). The first-order chi connectivity index (χ1) is 15.2. The van der Waals surface area contributed by atoms with Crippen LogP contribution in [0.4, 0.5) is 5.69 Å². The van der Waals surface area contributed by atoms with Gasteiger partial charge in [-0.2, -0.15) is 0 Å². The third-order valence-corrected chi connectivity index (χ3v) is 6.99. The molecule has 0 aliphatic carbocycles. The zero-order valence-corrected chi connectivity index (χ0v) is 19.4. The van der Waals surface area contributed by atoms with Crippen LogP contribution >= 0.6 is 0 Å². The van der Waals surface area contributed by atoms with Gasteiger partial charge in [-0.05, 0) is 79.4 Å². The number of amides is 1. The van der Waals surface area contributed by atoms with Crippen LogP contribution < -0.4 is 14.4 Å². The molecule has 32 heavy (non-hydrogen) atoms. The van der Waals surface area contributed by atoms with Gasteiger partial charge in [0.2, 0.25) is 5.91 Å². The Balaban J connectivity index is 1.98. The van der Waals surface area contributed by atoms with E-state index in [4.69, 9.17) is 4.74 Å². The Labute approximate surface area is 189 Å². The van der Waals surface area contributed by atoms with E-state index < -0.39 is 15.9 Å². The van der Waals surface area contributed by atoms with Crippen molar-refractivity contribution >= 4 is 21.6 Å². The van der Waals surface area contributed by atoms with E-state index in [2.05, 4.69) is 10.3 Å². The molecule has 8 heteroatoms. The van der Waals surface area contributed by atoms with Crippen molar-refractivity contribution in [3.63, 3.8) is 0 Å². The lowest BCUT2D eigenvalue weighted by atomic mass is 10.1. The Bertz CT molecular complexity index is 1210. The average Bonchev–Trinajstić information content (AvgIpc) is 2.78. The molecule has 0 saturated heterocycles. The fourth-order valence-corrected chi connectivity index (χ4v) is 4.84. The largest absolute Gasteiger partial charge is 0.495 e. The fourth-order valence-electron chi connectivity index (χ4n) is 3.19. The number of aryl methyl sites for hydroxylation is 3. The van der Waals surface area contributed by atoms with Crippen LogP contribution in [0.1, 0.15) is 22.3 Å². The van der Waals surface area contributed by atoms with Gasteiger partial charge in [0.05, 0.1) is 12.8 Å². The summed E-state index contributed by atoms with van der Waals surface area (Å²) in [6, 6.07) is 13.8. The van der Waals surface area contributed by atoms with Crippen molar-refractivity contribution in [2.45, 2.75) is 32.2 Å². The summed E-state index contributed by atoms with van der Waals surface area (Å²) in [5, 5.41) is 2.78. The maximum atomic E-state index is 13.7. The standard InChI is InChI=1S/C24H27N3O4S/c1-17-5-8-22(31-4)23(13-17)32(29,30)27(21-7-6-18(2)19(3)14-21)16-24(28)26-15-20-9-11-25-12-10-20/h5-14H,15-16H2,1-4H3,(H,26,28). The number of hydrogen-bond donors (Lipinski definition) is 1. The topological polar surface area (TPSA) is 88.6 Å². The third kappa shape index (κ3) is 5.26. The molecule has 7 nitrogen and oxygen atoms in total. The average molecular weight is 454 g/mol. The first-order valence-corrected chi connectivity index (χ1v) is 11.6. The van der Waals surface area contributed by atoms with Crippen LogP contribution in [0, 0.1) is 20.8 Å². The summed E-state index contributed by atoms with van der Waals surface area (Å²) in [7, 11) is -2.67. The molecule has 0 fully saturated rings. The number of nitrogens with one attached hydrogen (secondary N) is 1. The summed E-state index contributed by atoms with van der Waals surface area (Å²) < 4.78 is 33.9. The van der Waals surface area contributed by atoms with Crippen LogP contribution in [-0.2, 0) is 21.4 Å². The van der Waals surface area contributed by atoms with Crippen molar-refractivity contribution in [2.24, 2.45) is 0 Å². The van der Waals surface area contributed by atoms with Crippen LogP contribution in [0.15, 0.2) is 65.8 Å². The van der Waals surface area contributed by atoms with E-state index >= 15 is 0 Å². The van der Waals surface area contributed by atoms with Crippen LogP contribution in [0.5, 0.6) is 5.75 Å². The third-order valence-electron chi connectivity index (χ3n) is 5.19. The SMILES string of the molecule is COc1ccc(C)cc1S(=O)(=O)N(CC(=O)NCc1ccncc1)c1ccc(C)c(C)c1. The van der Waals surface area contributed by atoms with Crippen LogP contribution in [0.25, 0.3) is 0 Å². The van der Waals surface area contributed by atoms with Crippen LogP contribution in [0.2, 0.25) is 0 Å². The van der Waals surface area contributed by atoms with E-state index in [0.29, 0.717) is 5.69 Å². The summed E-state index contributed by atoms with van der Waals surface area (Å²) in [5.41, 5.74) is 4.01. The molecule has 0 aliphatic heterocycles. The number of benzene rings is 2. The number of aromatic nitrogens is 1. The Morgan fingerprint density at radius 3 is 2.38 bits per heavy atom. The number of hydrogen-bond acceptors (Lipinski definition) is 5. The molecule has 0 bridgehead atoms. The van der Waals surface area contributed by atoms with Crippen molar-refractivity contribution in [1.29, 1.82) is 0 Å². The molecular weight excluding hydrogens is 426 g/mol. The second-order valence-corrected chi connectivity index (χ2v) is 9.40. The van der Waals surface area contributed by atoms with Crippen molar-refractivity contribution in [2.75, 3.05) is 18.0 Å². The smallest absolute Gasteiger partial charge is 0.268 e. The number of carbonyl (C=O) groups excluding carboxylic acids is 1. The van der Waals surface area contributed by atoms with Gasteiger partial charge in [0.1, 0.15) is 17.2 Å². The van der Waals surface area contributed by atoms with Crippen LogP contribution in [0.3, 0.4) is 0 Å². The lowest BCUT2D eigenvalue weighted by molar-refractivity contribution is -0.119. The van der Waals surface area contributed by atoms with E-state index in [0.717, 1.165) is 26.6 Å². The number of methoxy groups -OCH3 is 1. The quantitative estimate of drug-likeness (QED) is 0.564. The molecule has 1 aromatic heterocycles. The number of rotatable bonds is 8. The van der Waals surface area contributed by atoms with Gasteiger partial charge in [-0.1, -0.05) is 12.1 Å². The minimum Gasteiger partial charge on any atom is -0.495 e. The second kappa shape index (κ2) is 9.82. The Morgan fingerprint density at radius 2 is 1.72 bits per heavy atom. The Hall–Kier alpha value is -3.39. The molecule has 0 unspecified atom stereocenters. The number of sulfonamides is 1. The zero-order chi connectivity index (χ0) is 23.3. The monoisotopic (exact) mass is 453 g/mol. The Kier molecular flexibility index (Phi) is 7.15. The normalized spacial score (nSPS) is 11.1. The highest BCUT2D eigenvalue weighted by atomic mass is 32.2. The molecule has 0 atom stereocenters. The lowest BCUT2D eigenvalue weighted by Crippen LogP contribution is -2.40. The molecule has 168 valence electrons. The van der Waals surface area contributed by atoms with Gasteiger partial charge >= 0.3 is 0 Å². The Morgan fingerprint density at radius 1 is 1.00 bits per heavy atom. The van der Waals surface area contributed by atoms with E-state index in [1.807, 2.05) is 19.9 Å². The molecule has 0 aliphatic rings. The summed E-state index contributed by atoms with van der Waals surface area (Å²) in [4.78, 5) is 16.8. The number of anilines is 1. The lowest BCUT2D eigenvalue weighted by Gasteiger charge is -2.25. The highest BCUT2D eigenvalue weighted by Gasteiger charge is 2.30. The van der Waals surface area contributed by atoms with Crippen LogP contribution in [-0.4, -0.2) is 33.0 Å². The van der Waals surface area contributed by atoms with Gasteiger partial charge in [0, 0.05) is 18.9 Å². The van der Waals surface area contributed by atoms with Crippen molar-refractivity contribution in [1.82, 2.24) is 10.3 Å². The number of nitrogens with zero attached hydrogens (tertiary/aromatic N) is 2. The van der Waals surface area contributed by atoms with Gasteiger partial charge in [0.25, 0.3) is 10.0 Å². The maximum Gasteiger partial charge on any atom is 0.268 e. The highest BCUT2D eigenvalue weighted by Crippen LogP contribution is 2.31. The first-order valence-electron chi connectivity index (χ1n) is 10.1. The predicted octanol–water partition coefficient (Wildman–Crippen LogP) is 3.53. The fraction of sp³-hybridized carbons (Fsp3) is 0.250. The second-order valence-electron chi connectivity index (χ2n) is 7.57. The van der Waals surface area contributed by atoms with Gasteiger partial charge in [-0.15, -0.1) is 0 Å². The van der Waals surface area contributed by atoms with Gasteiger partial charge in [0.15, 0.2) is 0 Å². The molecule has 3 aromatic rings.